The lowest BCUT2D eigenvalue weighted by Crippen LogP contribution is -2.28. The van der Waals surface area contributed by atoms with Crippen LogP contribution in [-0.4, -0.2) is 27.4 Å². The molecule has 3 N–H and O–H groups in total. The standard InChI is InChI=1S/C10H13N3O3/c1-6-4-13(10(15)12-9(6)11)8-3-2-7(5-14)16-8/h2-4,7-8,14H,5H2,1H3,(H2,11,12,15)/t7-,8+/m0/s1. The van der Waals surface area contributed by atoms with Crippen molar-refractivity contribution in [1.29, 1.82) is 0 Å². The van der Waals surface area contributed by atoms with Crippen molar-refractivity contribution < 1.29 is 9.84 Å². The molecular weight excluding hydrogens is 210 g/mol. The van der Waals surface area contributed by atoms with E-state index in [1.165, 1.54) is 4.57 Å². The summed E-state index contributed by atoms with van der Waals surface area (Å²) in [6.45, 7) is 1.66. The number of aromatic nitrogens is 2. The maximum absolute atomic E-state index is 11.6. The van der Waals surface area contributed by atoms with E-state index >= 15 is 0 Å². The van der Waals surface area contributed by atoms with E-state index < -0.39 is 11.9 Å². The molecule has 0 saturated carbocycles. The van der Waals surface area contributed by atoms with Gasteiger partial charge in [0.25, 0.3) is 0 Å². The van der Waals surface area contributed by atoms with Gasteiger partial charge in [0.05, 0.1) is 6.61 Å². The minimum Gasteiger partial charge on any atom is -0.393 e. The van der Waals surface area contributed by atoms with Gasteiger partial charge in [0.15, 0.2) is 6.23 Å². The van der Waals surface area contributed by atoms with Gasteiger partial charge in [-0.15, -0.1) is 0 Å². The van der Waals surface area contributed by atoms with E-state index in [9.17, 15) is 4.79 Å². The molecule has 86 valence electrons. The van der Waals surface area contributed by atoms with Crippen LogP contribution in [-0.2, 0) is 4.74 Å². The summed E-state index contributed by atoms with van der Waals surface area (Å²) in [4.78, 5) is 15.2. The molecule has 6 heteroatoms. The fourth-order valence-corrected chi connectivity index (χ4v) is 1.51. The van der Waals surface area contributed by atoms with E-state index in [0.717, 1.165) is 0 Å². The van der Waals surface area contributed by atoms with Gasteiger partial charge in [-0.2, -0.15) is 4.98 Å². The minimum atomic E-state index is -0.517. The average molecular weight is 223 g/mol. The van der Waals surface area contributed by atoms with Crippen molar-refractivity contribution in [2.45, 2.75) is 19.3 Å². The maximum atomic E-state index is 11.6. The number of aliphatic hydroxyl groups excluding tert-OH is 1. The molecule has 0 fully saturated rings. The van der Waals surface area contributed by atoms with Gasteiger partial charge >= 0.3 is 5.69 Å². The fourth-order valence-electron chi connectivity index (χ4n) is 1.51. The normalized spacial score (nSPS) is 23.9. The third-order valence-corrected chi connectivity index (χ3v) is 2.43. The quantitative estimate of drug-likeness (QED) is 0.664. The van der Waals surface area contributed by atoms with Crippen LogP contribution in [0.2, 0.25) is 0 Å². The number of nitrogen functional groups attached to an aromatic ring is 1. The molecule has 0 spiro atoms. The van der Waals surface area contributed by atoms with Gasteiger partial charge in [-0.25, -0.2) is 4.79 Å². The second-order valence-corrected chi connectivity index (χ2v) is 3.63. The summed E-state index contributed by atoms with van der Waals surface area (Å²) in [5.41, 5.74) is 5.77. The van der Waals surface area contributed by atoms with Crippen molar-refractivity contribution in [3.05, 3.63) is 34.4 Å². The van der Waals surface area contributed by atoms with Gasteiger partial charge < -0.3 is 15.6 Å². The highest BCUT2D eigenvalue weighted by molar-refractivity contribution is 5.35. The summed E-state index contributed by atoms with van der Waals surface area (Å²) in [5.74, 6) is 0.224. The van der Waals surface area contributed by atoms with Crippen LogP contribution in [0.4, 0.5) is 5.82 Å². The number of aryl methyl sites for hydroxylation is 1. The summed E-state index contributed by atoms with van der Waals surface area (Å²) >= 11 is 0. The first kappa shape index (κ1) is 10.8. The van der Waals surface area contributed by atoms with Crippen LogP contribution in [0.5, 0.6) is 0 Å². The van der Waals surface area contributed by atoms with Crippen LogP contribution in [0, 0.1) is 6.92 Å². The Bertz CT molecular complexity index is 481. The van der Waals surface area contributed by atoms with Crippen molar-refractivity contribution >= 4 is 5.82 Å². The Kier molecular flexibility index (Phi) is 2.76. The molecule has 0 aliphatic carbocycles. The van der Waals surface area contributed by atoms with Gasteiger partial charge in [-0.05, 0) is 13.0 Å². The summed E-state index contributed by atoms with van der Waals surface area (Å²) < 4.78 is 6.74. The zero-order valence-corrected chi connectivity index (χ0v) is 8.83. The summed E-state index contributed by atoms with van der Waals surface area (Å²) in [7, 11) is 0. The molecule has 1 aliphatic heterocycles. The number of anilines is 1. The molecule has 0 unspecified atom stereocenters. The van der Waals surface area contributed by atoms with Crippen LogP contribution in [0.3, 0.4) is 0 Å². The minimum absolute atomic E-state index is 0.108. The topological polar surface area (TPSA) is 90.4 Å². The monoisotopic (exact) mass is 223 g/mol. The zero-order valence-electron chi connectivity index (χ0n) is 8.83. The second-order valence-electron chi connectivity index (χ2n) is 3.63. The molecule has 1 aliphatic rings. The number of nitrogens with two attached hydrogens (primary N) is 1. The van der Waals surface area contributed by atoms with Gasteiger partial charge in [0.2, 0.25) is 0 Å². The molecule has 2 rings (SSSR count). The number of aliphatic hydroxyl groups is 1. The second kappa shape index (κ2) is 4.07. The number of hydrogen-bond acceptors (Lipinski definition) is 5. The van der Waals surface area contributed by atoms with E-state index in [2.05, 4.69) is 4.98 Å². The van der Waals surface area contributed by atoms with E-state index in [-0.39, 0.29) is 18.5 Å². The number of ether oxygens (including phenoxy) is 1. The van der Waals surface area contributed by atoms with Gasteiger partial charge in [0, 0.05) is 11.8 Å². The van der Waals surface area contributed by atoms with Gasteiger partial charge in [-0.3, -0.25) is 4.57 Å². The molecule has 6 nitrogen and oxygen atoms in total. The SMILES string of the molecule is Cc1cn([C@H]2C=C[C@@H](CO)O2)c(=O)nc1N. The molecule has 0 aromatic carbocycles. The lowest BCUT2D eigenvalue weighted by atomic mass is 10.3. The molecule has 1 aromatic rings. The van der Waals surface area contributed by atoms with Crippen LogP contribution >= 0.6 is 0 Å². The van der Waals surface area contributed by atoms with E-state index in [0.29, 0.717) is 5.56 Å². The first-order chi connectivity index (χ1) is 7.61. The Morgan fingerprint density at radius 3 is 3.00 bits per heavy atom. The molecule has 2 heterocycles. The van der Waals surface area contributed by atoms with Crippen molar-refractivity contribution in [3.8, 4) is 0 Å². The zero-order chi connectivity index (χ0) is 11.7. The lowest BCUT2D eigenvalue weighted by molar-refractivity contribution is -0.0103. The van der Waals surface area contributed by atoms with Crippen molar-refractivity contribution in [1.82, 2.24) is 9.55 Å². The number of rotatable bonds is 2. The van der Waals surface area contributed by atoms with Crippen LogP contribution in [0.1, 0.15) is 11.8 Å². The van der Waals surface area contributed by atoms with Crippen LogP contribution in [0.15, 0.2) is 23.1 Å². The summed E-state index contributed by atoms with van der Waals surface area (Å²) in [6.07, 6.45) is 4.13. The average Bonchev–Trinajstić information content (AvgIpc) is 2.71. The summed E-state index contributed by atoms with van der Waals surface area (Å²) in [6, 6.07) is 0. The number of nitrogens with zero attached hydrogens (tertiary/aromatic N) is 2. The predicted octanol–water partition coefficient (Wildman–Crippen LogP) is -0.420. The summed E-state index contributed by atoms with van der Waals surface area (Å²) in [5, 5.41) is 8.90. The Morgan fingerprint density at radius 1 is 1.62 bits per heavy atom. The molecule has 0 saturated heterocycles. The van der Waals surface area contributed by atoms with Crippen molar-refractivity contribution in [2.75, 3.05) is 12.3 Å². The molecule has 0 amide bonds. The fraction of sp³-hybridized carbons (Fsp3) is 0.400. The molecule has 2 atom stereocenters. The molecule has 1 aromatic heterocycles. The molecule has 16 heavy (non-hydrogen) atoms. The van der Waals surface area contributed by atoms with Crippen LogP contribution in [0.25, 0.3) is 0 Å². The predicted molar refractivity (Wildman–Crippen MR) is 57.8 cm³/mol. The first-order valence-corrected chi connectivity index (χ1v) is 4.91. The molecule has 0 radical (unpaired) electrons. The smallest absolute Gasteiger partial charge is 0.351 e. The molecule has 0 bridgehead atoms. The highest BCUT2D eigenvalue weighted by Crippen LogP contribution is 2.19. The first-order valence-electron chi connectivity index (χ1n) is 4.91. The Balaban J connectivity index is 2.33. The third-order valence-electron chi connectivity index (χ3n) is 2.43. The maximum Gasteiger partial charge on any atom is 0.351 e. The van der Waals surface area contributed by atoms with Crippen molar-refractivity contribution in [2.24, 2.45) is 0 Å². The van der Waals surface area contributed by atoms with E-state index in [1.807, 2.05) is 0 Å². The van der Waals surface area contributed by atoms with Crippen molar-refractivity contribution in [3.63, 3.8) is 0 Å². The Morgan fingerprint density at radius 2 is 2.38 bits per heavy atom. The van der Waals surface area contributed by atoms with E-state index in [4.69, 9.17) is 15.6 Å². The molecular formula is C10H13N3O3. The number of hydrogen-bond donors (Lipinski definition) is 2. The highest BCUT2D eigenvalue weighted by Gasteiger charge is 2.21. The van der Waals surface area contributed by atoms with E-state index in [1.54, 1.807) is 25.3 Å². The highest BCUT2D eigenvalue weighted by atomic mass is 16.5. The van der Waals surface area contributed by atoms with Gasteiger partial charge in [-0.1, -0.05) is 6.08 Å². The van der Waals surface area contributed by atoms with Gasteiger partial charge in [0.1, 0.15) is 11.9 Å². The Hall–Kier alpha value is -1.66. The largest absolute Gasteiger partial charge is 0.393 e. The Labute approximate surface area is 92.0 Å². The van der Waals surface area contributed by atoms with Crippen LogP contribution < -0.4 is 11.4 Å². The lowest BCUT2D eigenvalue weighted by Gasteiger charge is -2.15. The third kappa shape index (κ3) is 1.84.